The minimum absolute atomic E-state index is 0.247. The van der Waals surface area contributed by atoms with Crippen LogP contribution in [0.5, 0.6) is 11.5 Å². The van der Waals surface area contributed by atoms with Crippen LogP contribution in [0.3, 0.4) is 0 Å². The molecular formula is C42H32N4O4. The van der Waals surface area contributed by atoms with Crippen molar-refractivity contribution in [1.29, 1.82) is 0 Å². The highest BCUT2D eigenvalue weighted by atomic mass is 16.5. The Kier molecular flexibility index (Phi) is 8.18. The first-order valence-corrected chi connectivity index (χ1v) is 16.4. The summed E-state index contributed by atoms with van der Waals surface area (Å²) in [6.07, 6.45) is 5.83. The molecule has 1 aliphatic rings. The maximum absolute atomic E-state index is 14.3. The summed E-state index contributed by atoms with van der Waals surface area (Å²) in [5.41, 5.74) is 7.59. The van der Waals surface area contributed by atoms with E-state index >= 15 is 0 Å². The van der Waals surface area contributed by atoms with Gasteiger partial charge in [0.2, 0.25) is 0 Å². The van der Waals surface area contributed by atoms with E-state index in [-0.39, 0.29) is 11.6 Å². The summed E-state index contributed by atoms with van der Waals surface area (Å²) < 4.78 is 11.8. The highest BCUT2D eigenvalue weighted by Gasteiger charge is 2.46. The van der Waals surface area contributed by atoms with Gasteiger partial charge in [-0.2, -0.15) is 0 Å². The first-order chi connectivity index (χ1) is 24.6. The standard InChI is InChI=1S/C42H32N4O4/c1-49-35-19-18-32(39-40(35)46-36(45-39)22-26-12-14-28(15-13-26)29-10-7-20-43-24-29)37(34-11-5-6-21-44-34)38-41(47)31-17-16-30(23-33(31)42(38)48)50-25-27-8-3-2-4-9-27/h2-21,23-24,37-38H,22,25H2,1H3,(H,45,46). The Labute approximate surface area is 288 Å². The van der Waals surface area contributed by atoms with E-state index in [1.54, 1.807) is 37.7 Å². The number of pyridine rings is 2. The number of carbonyl (C=O) groups excluding carboxylic acids is 2. The number of aromatic nitrogens is 4. The molecule has 0 amide bonds. The summed E-state index contributed by atoms with van der Waals surface area (Å²) in [5, 5.41) is 0. The van der Waals surface area contributed by atoms with Gasteiger partial charge in [-0.3, -0.25) is 19.6 Å². The first kappa shape index (κ1) is 30.9. The van der Waals surface area contributed by atoms with Gasteiger partial charge in [0, 0.05) is 47.8 Å². The van der Waals surface area contributed by atoms with E-state index in [0.29, 0.717) is 57.9 Å². The molecule has 1 N–H and O–H groups in total. The van der Waals surface area contributed by atoms with Crippen LogP contribution in [-0.2, 0) is 13.0 Å². The summed E-state index contributed by atoms with van der Waals surface area (Å²) in [6.45, 7) is 0.349. The molecule has 8 heteroatoms. The number of nitrogens with zero attached hydrogens (tertiary/aromatic N) is 3. The lowest BCUT2D eigenvalue weighted by atomic mass is 9.79. The van der Waals surface area contributed by atoms with Gasteiger partial charge in [-0.25, -0.2) is 4.98 Å². The summed E-state index contributed by atoms with van der Waals surface area (Å²) in [4.78, 5) is 45.9. The number of H-pyrrole nitrogens is 1. The Morgan fingerprint density at radius 2 is 1.58 bits per heavy atom. The van der Waals surface area contributed by atoms with Crippen LogP contribution in [0.4, 0.5) is 0 Å². The van der Waals surface area contributed by atoms with Crippen molar-refractivity contribution in [3.8, 4) is 22.6 Å². The number of benzene rings is 4. The van der Waals surface area contributed by atoms with Gasteiger partial charge in [0.1, 0.15) is 29.4 Å². The van der Waals surface area contributed by atoms with Gasteiger partial charge in [0.25, 0.3) is 0 Å². The number of Topliss-reactive ketones (excluding diaryl/α,β-unsaturated/α-hetero) is 2. The summed E-state index contributed by atoms with van der Waals surface area (Å²) in [6, 6.07) is 36.5. The number of rotatable bonds is 10. The first-order valence-electron chi connectivity index (χ1n) is 16.4. The van der Waals surface area contributed by atoms with Gasteiger partial charge in [-0.15, -0.1) is 0 Å². The maximum Gasteiger partial charge on any atom is 0.175 e. The molecule has 1 aliphatic carbocycles. The third-order valence-corrected chi connectivity index (χ3v) is 9.24. The molecule has 0 saturated carbocycles. The van der Waals surface area contributed by atoms with E-state index in [4.69, 9.17) is 14.5 Å². The monoisotopic (exact) mass is 656 g/mol. The van der Waals surface area contributed by atoms with E-state index in [1.165, 1.54) is 0 Å². The predicted molar refractivity (Wildman–Crippen MR) is 191 cm³/mol. The molecule has 2 atom stereocenters. The van der Waals surface area contributed by atoms with E-state index < -0.39 is 11.8 Å². The molecule has 0 aliphatic heterocycles. The minimum Gasteiger partial charge on any atom is -0.494 e. The zero-order valence-corrected chi connectivity index (χ0v) is 27.2. The normalized spacial score (nSPS) is 14.5. The van der Waals surface area contributed by atoms with E-state index in [1.807, 2.05) is 79.0 Å². The van der Waals surface area contributed by atoms with Crippen molar-refractivity contribution >= 4 is 22.6 Å². The van der Waals surface area contributed by atoms with Crippen LogP contribution < -0.4 is 9.47 Å². The largest absolute Gasteiger partial charge is 0.494 e. The van der Waals surface area contributed by atoms with Crippen LogP contribution in [0, 0.1) is 5.92 Å². The number of ketones is 2. The lowest BCUT2D eigenvalue weighted by Crippen LogP contribution is -2.26. The second-order valence-corrected chi connectivity index (χ2v) is 12.3. The average molecular weight is 657 g/mol. The van der Waals surface area contributed by atoms with E-state index in [0.717, 1.165) is 28.1 Å². The fourth-order valence-corrected chi connectivity index (χ4v) is 6.78. The number of carbonyl (C=O) groups is 2. The van der Waals surface area contributed by atoms with Crippen LogP contribution in [0.1, 0.15) is 54.8 Å². The van der Waals surface area contributed by atoms with Crippen LogP contribution in [0.15, 0.2) is 134 Å². The molecule has 3 aromatic heterocycles. The third kappa shape index (κ3) is 5.81. The minimum atomic E-state index is -1.03. The molecule has 2 unspecified atom stereocenters. The number of imidazole rings is 1. The Bertz CT molecular complexity index is 2320. The Morgan fingerprint density at radius 3 is 2.34 bits per heavy atom. The zero-order chi connectivity index (χ0) is 34.0. The Hall–Kier alpha value is -6.41. The quantitative estimate of drug-likeness (QED) is 0.149. The molecular weight excluding hydrogens is 624 g/mol. The van der Waals surface area contributed by atoms with Crippen LogP contribution in [0.2, 0.25) is 0 Å². The highest BCUT2D eigenvalue weighted by molar-refractivity contribution is 6.27. The number of hydrogen-bond acceptors (Lipinski definition) is 7. The molecule has 0 bridgehead atoms. The second-order valence-electron chi connectivity index (χ2n) is 12.3. The van der Waals surface area contributed by atoms with Crippen molar-refractivity contribution in [3.63, 3.8) is 0 Å². The summed E-state index contributed by atoms with van der Waals surface area (Å²) in [5.74, 6) is -0.361. The number of aromatic amines is 1. The molecule has 8 nitrogen and oxygen atoms in total. The molecule has 0 fully saturated rings. The van der Waals surface area contributed by atoms with Crippen LogP contribution >= 0.6 is 0 Å². The van der Waals surface area contributed by atoms with Crippen molar-refractivity contribution in [2.45, 2.75) is 18.9 Å². The predicted octanol–water partition coefficient (Wildman–Crippen LogP) is 8.03. The van der Waals surface area contributed by atoms with Gasteiger partial charge in [0.05, 0.1) is 18.5 Å². The van der Waals surface area contributed by atoms with Crippen LogP contribution in [0.25, 0.3) is 22.2 Å². The smallest absolute Gasteiger partial charge is 0.175 e. The van der Waals surface area contributed by atoms with Crippen molar-refractivity contribution in [2.75, 3.05) is 7.11 Å². The van der Waals surface area contributed by atoms with Crippen molar-refractivity contribution in [3.05, 3.63) is 173 Å². The summed E-state index contributed by atoms with van der Waals surface area (Å²) in [7, 11) is 1.61. The van der Waals surface area contributed by atoms with Gasteiger partial charge in [0.15, 0.2) is 11.6 Å². The molecule has 7 aromatic rings. The number of ether oxygens (including phenoxy) is 2. The summed E-state index contributed by atoms with van der Waals surface area (Å²) >= 11 is 0. The molecule has 8 rings (SSSR count). The second kappa shape index (κ2) is 13.2. The molecule has 3 heterocycles. The highest BCUT2D eigenvalue weighted by Crippen LogP contribution is 2.44. The number of hydrogen-bond donors (Lipinski definition) is 1. The zero-order valence-electron chi connectivity index (χ0n) is 27.2. The molecule has 0 radical (unpaired) electrons. The van der Waals surface area contributed by atoms with Crippen molar-refractivity contribution in [2.24, 2.45) is 5.92 Å². The molecule has 0 saturated heterocycles. The number of fused-ring (bicyclic) bond motifs is 2. The third-order valence-electron chi connectivity index (χ3n) is 9.24. The topological polar surface area (TPSA) is 107 Å². The average Bonchev–Trinajstić information content (AvgIpc) is 3.70. The number of nitrogens with one attached hydrogen (secondary N) is 1. The molecule has 4 aromatic carbocycles. The van der Waals surface area contributed by atoms with E-state index in [2.05, 4.69) is 39.2 Å². The fraction of sp³-hybridized carbons (Fsp3) is 0.119. The Balaban J connectivity index is 1.15. The van der Waals surface area contributed by atoms with Gasteiger partial charge >= 0.3 is 0 Å². The molecule has 50 heavy (non-hydrogen) atoms. The van der Waals surface area contributed by atoms with Crippen molar-refractivity contribution in [1.82, 2.24) is 19.9 Å². The van der Waals surface area contributed by atoms with Crippen molar-refractivity contribution < 1.29 is 19.1 Å². The number of methoxy groups -OCH3 is 1. The molecule has 0 spiro atoms. The molecule has 244 valence electrons. The van der Waals surface area contributed by atoms with Gasteiger partial charge < -0.3 is 14.5 Å². The lowest BCUT2D eigenvalue weighted by molar-refractivity contribution is 0.0824. The van der Waals surface area contributed by atoms with Crippen LogP contribution in [-0.4, -0.2) is 38.6 Å². The van der Waals surface area contributed by atoms with Gasteiger partial charge in [-0.1, -0.05) is 72.8 Å². The maximum atomic E-state index is 14.3. The fourth-order valence-electron chi connectivity index (χ4n) is 6.78. The Morgan fingerprint density at radius 1 is 0.760 bits per heavy atom. The SMILES string of the molecule is COc1ccc(C(c2ccccn2)C2C(=O)c3ccc(OCc4ccccc4)cc3C2=O)c2nc(Cc3ccc(-c4cccnc4)cc3)[nH]c12. The van der Waals surface area contributed by atoms with E-state index in [9.17, 15) is 9.59 Å². The van der Waals surface area contributed by atoms with Gasteiger partial charge in [-0.05, 0) is 70.3 Å². The lowest BCUT2D eigenvalue weighted by Gasteiger charge is -2.22.